The summed E-state index contributed by atoms with van der Waals surface area (Å²) in [5.41, 5.74) is 13.7. The zero-order chi connectivity index (χ0) is 80.3. The predicted octanol–water partition coefficient (Wildman–Crippen LogP) is 9.89. The van der Waals surface area contributed by atoms with Crippen LogP contribution in [0.3, 0.4) is 0 Å². The van der Waals surface area contributed by atoms with Crippen molar-refractivity contribution in [1.29, 1.82) is 0 Å². The van der Waals surface area contributed by atoms with Gasteiger partial charge in [0.15, 0.2) is 0 Å². The number of carboxylic acids is 2. The van der Waals surface area contributed by atoms with E-state index in [1.54, 1.807) is 148 Å². The number of nitrogens with one attached hydrogen (secondary N) is 4. The Morgan fingerprint density at radius 1 is 0.343 bits per heavy atom. The van der Waals surface area contributed by atoms with Crippen molar-refractivity contribution in [2.75, 3.05) is 6.61 Å². The fourth-order valence-electron chi connectivity index (χ4n) is 9.98. The smallest absolute Gasteiger partial charge is 0.362 e. The first kappa shape index (κ1) is 89.9. The average molecular weight is 1490 g/mol. The highest BCUT2D eigenvalue weighted by molar-refractivity contribution is 5.92. The van der Waals surface area contributed by atoms with Crippen molar-refractivity contribution in [2.24, 2.45) is 23.7 Å². The highest BCUT2D eigenvalue weighted by Crippen LogP contribution is 2.22. The van der Waals surface area contributed by atoms with Gasteiger partial charge in [-0.25, -0.2) is 28.8 Å². The standard InChI is InChI=1S/C22H23NO6.C21H21NO6.C19H25NO6.C18H23NO6/c1-15(24)18(12-17-8-5-9-19(13-17)22(27)28)10-11-20(25)23-29-21(26)14-16-6-3-2-4-7-16;1-14(23)17(12-15-6-5-9-18(13-15)20(25)26)10-11-19(24)22-28-21(27)16-7-3-2-4-8-16;1-12(2)25-19(24)16-7-5-15(6-8-16)11-17(13(3)21)9-10-18(23)20-26-14(4)22;1-4-24-18(23)15-7-5-14(6-8-15)11-16(12(2)20)9-10-17(22)19-25-13(3)21/h2-9,13,18H,10-12,14H2,1H3,(H,23,25)(H,27,28);2-9,13,17H,10-12H2,1H3,(H,22,24)(H,25,26);5-8,12,17H,9-11H2,1-4H3,(H,20,23);5-8,16H,4,9-11H2,1-3H3,(H,19,22). The lowest BCUT2D eigenvalue weighted by molar-refractivity contribution is -0.157. The molecule has 0 heterocycles. The van der Waals surface area contributed by atoms with Gasteiger partial charge in [-0.15, -0.1) is 0 Å². The van der Waals surface area contributed by atoms with Gasteiger partial charge in [0, 0.05) is 63.2 Å². The lowest BCUT2D eigenvalue weighted by Crippen LogP contribution is -2.28. The van der Waals surface area contributed by atoms with Gasteiger partial charge >= 0.3 is 47.8 Å². The van der Waals surface area contributed by atoms with Crippen molar-refractivity contribution < 1.29 is 116 Å². The van der Waals surface area contributed by atoms with Crippen molar-refractivity contribution >= 4 is 94.5 Å². The number of carboxylic acid groups (broad SMARTS) is 2. The first-order chi connectivity index (χ1) is 51.2. The summed E-state index contributed by atoms with van der Waals surface area (Å²) in [4.78, 5) is 203. The molecule has 0 saturated carbocycles. The van der Waals surface area contributed by atoms with Gasteiger partial charge in [-0.05, 0) is 188 Å². The Labute approximate surface area is 625 Å². The van der Waals surface area contributed by atoms with Crippen LogP contribution in [0.15, 0.2) is 158 Å². The molecule has 0 saturated heterocycles. The molecule has 6 rings (SSSR count). The van der Waals surface area contributed by atoms with E-state index in [9.17, 15) is 76.7 Å². The van der Waals surface area contributed by atoms with Gasteiger partial charge in [0.05, 0.1) is 46.9 Å². The lowest BCUT2D eigenvalue weighted by atomic mass is 9.91. The summed E-state index contributed by atoms with van der Waals surface area (Å²) in [6, 6.07) is 43.6. The Kier molecular flexibility index (Phi) is 40.5. The molecule has 6 aromatic rings. The Hall–Kier alpha value is -12.4. The number of hydrogen-bond donors (Lipinski definition) is 6. The highest BCUT2D eigenvalue weighted by Gasteiger charge is 2.23. The Balaban J connectivity index is 0.000000374. The molecular weight excluding hydrogens is 1400 g/mol. The van der Waals surface area contributed by atoms with Crippen molar-refractivity contribution in [1.82, 2.24) is 21.9 Å². The summed E-state index contributed by atoms with van der Waals surface area (Å²) in [6.45, 7) is 13.8. The molecule has 4 amide bonds. The number of hydrogen-bond acceptors (Lipinski definition) is 22. The minimum atomic E-state index is -1.04. The number of rotatable bonds is 33. The first-order valence-corrected chi connectivity index (χ1v) is 34.5. The fraction of sp³-hybridized carbons (Fsp3) is 0.350. The van der Waals surface area contributed by atoms with E-state index < -0.39 is 77.2 Å². The van der Waals surface area contributed by atoms with Crippen LogP contribution >= 0.6 is 0 Å². The quantitative estimate of drug-likeness (QED) is 0.0127. The summed E-state index contributed by atoms with van der Waals surface area (Å²) < 4.78 is 10.0. The molecule has 0 fully saturated rings. The van der Waals surface area contributed by atoms with Gasteiger partial charge in [-0.1, -0.05) is 97.1 Å². The van der Waals surface area contributed by atoms with Crippen LogP contribution in [0, 0.1) is 23.7 Å². The monoisotopic (exact) mass is 1490 g/mol. The minimum absolute atomic E-state index is 0.00147. The number of carbonyl (C=O) groups is 16. The number of esters is 2. The third-order valence-electron chi connectivity index (χ3n) is 15.8. The van der Waals surface area contributed by atoms with E-state index in [1.807, 2.05) is 17.0 Å². The van der Waals surface area contributed by atoms with Gasteiger partial charge in [0.25, 0.3) is 23.6 Å². The second-order valence-corrected chi connectivity index (χ2v) is 25.0. The number of ether oxygens (including phenoxy) is 2. The van der Waals surface area contributed by atoms with E-state index in [1.165, 1.54) is 65.8 Å². The molecule has 0 aliphatic rings. The molecule has 4 atom stereocenters. The first-order valence-electron chi connectivity index (χ1n) is 34.5. The van der Waals surface area contributed by atoms with Crippen LogP contribution in [0.5, 0.6) is 0 Å². The van der Waals surface area contributed by atoms with E-state index in [0.717, 1.165) is 16.7 Å². The number of benzene rings is 6. The van der Waals surface area contributed by atoms with E-state index >= 15 is 0 Å². The number of carbonyl (C=O) groups excluding carboxylic acids is 14. The number of hydroxylamine groups is 4. The summed E-state index contributed by atoms with van der Waals surface area (Å²) in [5.74, 6) is -9.12. The van der Waals surface area contributed by atoms with Gasteiger partial charge < -0.3 is 39.0 Å². The molecule has 0 bridgehead atoms. The minimum Gasteiger partial charge on any atom is -0.478 e. The van der Waals surface area contributed by atoms with Crippen LogP contribution in [-0.2, 0) is 114 Å². The molecule has 0 aliphatic heterocycles. The van der Waals surface area contributed by atoms with E-state index in [-0.39, 0.29) is 103 Å². The largest absolute Gasteiger partial charge is 0.478 e. The SMILES string of the molecule is CC(=O)C(CCC(=O)NOC(=O)Cc1ccccc1)Cc1cccc(C(=O)O)c1.CC(=O)C(CCC(=O)NOC(=O)c1ccccc1)Cc1cccc(C(=O)O)c1.CC(=O)ONC(=O)CCC(Cc1ccc(C(=O)OC(C)C)cc1)C(C)=O.CCOC(=O)c1ccc(CC(CCC(=O)NOC(C)=O)C(C)=O)cc1. The predicted molar refractivity (Wildman–Crippen MR) is 389 cm³/mol. The molecule has 4 unspecified atom stereocenters. The van der Waals surface area contributed by atoms with E-state index in [4.69, 9.17) is 29.4 Å². The molecular formula is C80H92N4O24. The zero-order valence-corrected chi connectivity index (χ0v) is 61.7. The Morgan fingerprint density at radius 2 is 0.657 bits per heavy atom. The normalized spacial score (nSPS) is 11.4. The molecule has 6 aromatic carbocycles. The van der Waals surface area contributed by atoms with Crippen molar-refractivity contribution in [3.63, 3.8) is 0 Å². The van der Waals surface area contributed by atoms with Crippen LogP contribution in [0.2, 0.25) is 0 Å². The molecule has 108 heavy (non-hydrogen) atoms. The molecule has 0 aromatic heterocycles. The van der Waals surface area contributed by atoms with Crippen LogP contribution in [0.4, 0.5) is 0 Å². The van der Waals surface area contributed by atoms with Gasteiger partial charge in [0.1, 0.15) is 23.1 Å². The van der Waals surface area contributed by atoms with Crippen molar-refractivity contribution in [2.45, 2.75) is 152 Å². The van der Waals surface area contributed by atoms with Gasteiger partial charge in [0.2, 0.25) is 0 Å². The third-order valence-corrected chi connectivity index (χ3v) is 15.8. The number of ketones is 4. The maximum Gasteiger partial charge on any atom is 0.362 e. The molecule has 576 valence electrons. The van der Waals surface area contributed by atoms with Crippen LogP contribution in [0.25, 0.3) is 0 Å². The number of Topliss-reactive ketones (excluding diaryl/α,β-unsaturated/α-hetero) is 4. The van der Waals surface area contributed by atoms with Gasteiger partial charge in [-0.3, -0.25) is 47.9 Å². The summed E-state index contributed by atoms with van der Waals surface area (Å²) >= 11 is 0. The molecule has 0 spiro atoms. The zero-order valence-electron chi connectivity index (χ0n) is 61.7. The number of aromatic carboxylic acids is 2. The maximum absolute atomic E-state index is 11.9. The lowest BCUT2D eigenvalue weighted by Gasteiger charge is -2.14. The van der Waals surface area contributed by atoms with Crippen LogP contribution in [0.1, 0.15) is 193 Å². The van der Waals surface area contributed by atoms with E-state index in [0.29, 0.717) is 72.9 Å². The molecule has 0 radical (unpaired) electrons. The second-order valence-electron chi connectivity index (χ2n) is 25.0. The third kappa shape index (κ3) is 37.4. The summed E-state index contributed by atoms with van der Waals surface area (Å²) in [5, 5.41) is 18.1. The number of amides is 4. The molecule has 28 heteroatoms. The average Bonchev–Trinajstić information content (AvgIpc) is 0.849. The second kappa shape index (κ2) is 48.6. The molecule has 0 aliphatic carbocycles. The Morgan fingerprint density at radius 3 is 1.00 bits per heavy atom. The van der Waals surface area contributed by atoms with E-state index in [2.05, 4.69) is 20.6 Å². The maximum atomic E-state index is 11.9. The van der Waals surface area contributed by atoms with Crippen LogP contribution < -0.4 is 21.9 Å². The summed E-state index contributed by atoms with van der Waals surface area (Å²) in [7, 11) is 0. The topological polar surface area (TPSA) is 417 Å². The van der Waals surface area contributed by atoms with Crippen molar-refractivity contribution in [3.8, 4) is 0 Å². The van der Waals surface area contributed by atoms with Gasteiger partial charge in [-0.2, -0.15) is 21.9 Å². The van der Waals surface area contributed by atoms with Crippen molar-refractivity contribution in [3.05, 3.63) is 213 Å². The molecule has 28 nitrogen and oxygen atoms in total. The van der Waals surface area contributed by atoms with Crippen LogP contribution in [-0.4, -0.2) is 117 Å². The Bertz CT molecular complexity index is 4050. The fourth-order valence-corrected chi connectivity index (χ4v) is 9.98. The molecule has 6 N–H and O–H groups in total. The highest BCUT2D eigenvalue weighted by atomic mass is 16.7. The summed E-state index contributed by atoms with van der Waals surface area (Å²) in [6.07, 6.45) is 2.72.